The molecule has 5 heteroatoms. The molecule has 0 fully saturated rings. The number of carbonyl (C=O) groups is 1. The van der Waals surface area contributed by atoms with Crippen molar-refractivity contribution in [2.45, 2.75) is 0 Å². The molecule has 5 nitrogen and oxygen atoms in total. The first-order valence-corrected chi connectivity index (χ1v) is 6.26. The van der Waals surface area contributed by atoms with Crippen LogP contribution in [0.15, 0.2) is 60.8 Å². The van der Waals surface area contributed by atoms with Gasteiger partial charge < -0.3 is 9.84 Å². The van der Waals surface area contributed by atoms with E-state index in [-0.39, 0.29) is 5.56 Å². The van der Waals surface area contributed by atoms with Crippen molar-refractivity contribution in [2.24, 2.45) is 0 Å². The zero-order chi connectivity index (χ0) is 14.7. The molecule has 103 valence electrons. The molecule has 2 aromatic carbocycles. The molecule has 0 aliphatic carbocycles. The highest BCUT2D eigenvalue weighted by Crippen LogP contribution is 2.22. The van der Waals surface area contributed by atoms with E-state index in [0.717, 1.165) is 5.69 Å². The summed E-state index contributed by atoms with van der Waals surface area (Å²) in [7, 11) is 0. The van der Waals surface area contributed by atoms with Crippen LogP contribution in [-0.4, -0.2) is 20.9 Å². The van der Waals surface area contributed by atoms with Crippen molar-refractivity contribution in [2.75, 3.05) is 0 Å². The Morgan fingerprint density at radius 3 is 2.19 bits per heavy atom. The molecule has 0 bridgehead atoms. The molecule has 3 rings (SSSR count). The van der Waals surface area contributed by atoms with Gasteiger partial charge in [0.25, 0.3) is 0 Å². The number of hydrogen-bond acceptors (Lipinski definition) is 3. The lowest BCUT2D eigenvalue weighted by Crippen LogP contribution is -1.95. The summed E-state index contributed by atoms with van der Waals surface area (Å²) in [6.45, 7) is 0. The van der Waals surface area contributed by atoms with Crippen molar-refractivity contribution in [1.82, 2.24) is 9.78 Å². The topological polar surface area (TPSA) is 64.3 Å². The molecular formula is C16H11N2O3. The molecule has 0 aliphatic rings. The molecule has 0 aliphatic heterocycles. The van der Waals surface area contributed by atoms with Gasteiger partial charge in [0.05, 0.1) is 11.3 Å². The first-order valence-electron chi connectivity index (χ1n) is 6.26. The van der Waals surface area contributed by atoms with Gasteiger partial charge in [0, 0.05) is 6.20 Å². The standard InChI is InChI=1S/C16H11N2O3/c19-16(20)12-2-6-14(7-3-12)21-15-8-4-13(5-9-15)18-11-1-10-17-18/h1-9,11H,(H,19,20). The van der Waals surface area contributed by atoms with Crippen LogP contribution in [0.2, 0.25) is 0 Å². The summed E-state index contributed by atoms with van der Waals surface area (Å²) in [5.41, 5.74) is 1.14. The number of nitrogens with zero attached hydrogens (tertiary/aromatic N) is 2. The molecule has 0 spiro atoms. The van der Waals surface area contributed by atoms with Crippen LogP contribution in [0.4, 0.5) is 0 Å². The van der Waals surface area contributed by atoms with Crippen LogP contribution in [-0.2, 0) is 0 Å². The Morgan fingerprint density at radius 1 is 1.05 bits per heavy atom. The first kappa shape index (κ1) is 12.9. The van der Waals surface area contributed by atoms with E-state index in [2.05, 4.69) is 11.3 Å². The van der Waals surface area contributed by atoms with Gasteiger partial charge >= 0.3 is 5.97 Å². The zero-order valence-corrected chi connectivity index (χ0v) is 10.9. The van der Waals surface area contributed by atoms with Gasteiger partial charge in [-0.25, -0.2) is 9.48 Å². The van der Waals surface area contributed by atoms with E-state index in [4.69, 9.17) is 9.84 Å². The predicted molar refractivity (Wildman–Crippen MR) is 75.9 cm³/mol. The second-order valence-electron chi connectivity index (χ2n) is 4.31. The summed E-state index contributed by atoms with van der Waals surface area (Å²) < 4.78 is 7.35. The SMILES string of the molecule is O=C(O)c1ccc(Oc2ccc(-n3cc[c]n3)cc2)cc1. The van der Waals surface area contributed by atoms with E-state index >= 15 is 0 Å². The smallest absolute Gasteiger partial charge is 0.335 e. The van der Waals surface area contributed by atoms with Gasteiger partial charge in [-0.15, -0.1) is 0 Å². The fourth-order valence-corrected chi connectivity index (χ4v) is 1.85. The first-order chi connectivity index (χ1) is 10.2. The fraction of sp³-hybridized carbons (Fsp3) is 0. The third kappa shape index (κ3) is 2.92. The average molecular weight is 279 g/mol. The van der Waals surface area contributed by atoms with Crippen LogP contribution < -0.4 is 4.74 Å². The Bertz CT molecular complexity index is 732. The third-order valence-electron chi connectivity index (χ3n) is 2.89. The maximum absolute atomic E-state index is 10.8. The van der Waals surface area contributed by atoms with Crippen LogP contribution in [0.1, 0.15) is 10.4 Å². The number of ether oxygens (including phenoxy) is 1. The van der Waals surface area contributed by atoms with Gasteiger partial charge in [0.2, 0.25) is 0 Å². The summed E-state index contributed by atoms with van der Waals surface area (Å²) in [6.07, 6.45) is 4.54. The lowest BCUT2D eigenvalue weighted by molar-refractivity contribution is 0.0697. The molecule has 1 heterocycles. The van der Waals surface area contributed by atoms with Crippen molar-refractivity contribution in [3.63, 3.8) is 0 Å². The number of aromatic nitrogens is 2. The minimum Gasteiger partial charge on any atom is -0.478 e. The minimum atomic E-state index is -0.957. The number of rotatable bonds is 4. The number of carboxylic acid groups (broad SMARTS) is 1. The predicted octanol–water partition coefficient (Wildman–Crippen LogP) is 3.16. The Morgan fingerprint density at radius 2 is 1.67 bits per heavy atom. The second kappa shape index (κ2) is 5.50. The number of aromatic carboxylic acids is 1. The summed E-state index contributed by atoms with van der Waals surface area (Å²) >= 11 is 0. The molecule has 1 N–H and O–H groups in total. The molecular weight excluding hydrogens is 268 g/mol. The Labute approximate surface area is 121 Å². The fourth-order valence-electron chi connectivity index (χ4n) is 1.85. The summed E-state index contributed by atoms with van der Waals surface area (Å²) in [4.78, 5) is 10.8. The van der Waals surface area contributed by atoms with Gasteiger partial charge in [-0.1, -0.05) is 0 Å². The highest BCUT2D eigenvalue weighted by Gasteiger charge is 2.03. The van der Waals surface area contributed by atoms with Gasteiger partial charge in [0.15, 0.2) is 0 Å². The molecule has 0 unspecified atom stereocenters. The minimum absolute atomic E-state index is 0.229. The summed E-state index contributed by atoms with van der Waals surface area (Å²) in [5.74, 6) is 0.292. The number of carboxylic acids is 1. The van der Waals surface area contributed by atoms with Gasteiger partial charge in [0.1, 0.15) is 17.7 Å². The Hall–Kier alpha value is -3.08. The van der Waals surface area contributed by atoms with E-state index in [9.17, 15) is 4.79 Å². The number of hydrogen-bond donors (Lipinski definition) is 1. The summed E-state index contributed by atoms with van der Waals surface area (Å²) in [5, 5.41) is 12.9. The quantitative estimate of drug-likeness (QED) is 0.796. The lowest BCUT2D eigenvalue weighted by Gasteiger charge is -2.07. The van der Waals surface area contributed by atoms with Crippen LogP contribution in [0.5, 0.6) is 11.5 Å². The normalized spacial score (nSPS) is 10.3. The highest BCUT2D eigenvalue weighted by molar-refractivity contribution is 5.87. The summed E-state index contributed by atoms with van der Waals surface area (Å²) in [6, 6.07) is 15.4. The second-order valence-corrected chi connectivity index (χ2v) is 4.31. The van der Waals surface area contributed by atoms with Gasteiger partial charge in [-0.05, 0) is 54.6 Å². The maximum Gasteiger partial charge on any atom is 0.335 e. The van der Waals surface area contributed by atoms with Crippen molar-refractivity contribution in [1.29, 1.82) is 0 Å². The average Bonchev–Trinajstić information content (AvgIpc) is 3.03. The van der Waals surface area contributed by atoms with Crippen molar-refractivity contribution in [3.8, 4) is 17.2 Å². The lowest BCUT2D eigenvalue weighted by atomic mass is 10.2. The van der Waals surface area contributed by atoms with E-state index in [1.807, 2.05) is 24.3 Å². The molecule has 0 saturated heterocycles. The maximum atomic E-state index is 10.8. The molecule has 21 heavy (non-hydrogen) atoms. The monoisotopic (exact) mass is 279 g/mol. The van der Waals surface area contributed by atoms with Gasteiger partial charge in [-0.2, -0.15) is 5.10 Å². The van der Waals surface area contributed by atoms with Gasteiger partial charge in [-0.3, -0.25) is 0 Å². The van der Waals surface area contributed by atoms with Crippen LogP contribution in [0, 0.1) is 6.20 Å². The zero-order valence-electron chi connectivity index (χ0n) is 10.9. The van der Waals surface area contributed by atoms with E-state index in [1.165, 1.54) is 12.1 Å². The Kier molecular flexibility index (Phi) is 3.39. The molecule has 0 atom stereocenters. The third-order valence-corrected chi connectivity index (χ3v) is 2.89. The van der Waals surface area contributed by atoms with Crippen LogP contribution >= 0.6 is 0 Å². The van der Waals surface area contributed by atoms with Crippen molar-refractivity contribution in [3.05, 3.63) is 72.6 Å². The number of benzene rings is 2. The molecule has 1 radical (unpaired) electrons. The molecule has 1 aromatic heterocycles. The molecule has 0 amide bonds. The van der Waals surface area contributed by atoms with E-state index in [0.29, 0.717) is 11.5 Å². The largest absolute Gasteiger partial charge is 0.478 e. The molecule has 3 aromatic rings. The van der Waals surface area contributed by atoms with E-state index < -0.39 is 5.97 Å². The van der Waals surface area contributed by atoms with Crippen molar-refractivity contribution >= 4 is 5.97 Å². The molecule has 0 saturated carbocycles. The van der Waals surface area contributed by atoms with E-state index in [1.54, 1.807) is 29.1 Å². The Balaban J connectivity index is 1.74. The van der Waals surface area contributed by atoms with Crippen LogP contribution in [0.3, 0.4) is 0 Å². The highest BCUT2D eigenvalue weighted by atomic mass is 16.5. The van der Waals surface area contributed by atoms with Crippen molar-refractivity contribution < 1.29 is 14.6 Å². The van der Waals surface area contributed by atoms with Crippen LogP contribution in [0.25, 0.3) is 5.69 Å².